The van der Waals surface area contributed by atoms with Crippen LogP contribution in [0.15, 0.2) is 0 Å². The van der Waals surface area contributed by atoms with E-state index in [1.54, 1.807) is 0 Å². The van der Waals surface area contributed by atoms with Crippen molar-refractivity contribution in [3.63, 3.8) is 0 Å². The van der Waals surface area contributed by atoms with E-state index in [0.29, 0.717) is 0 Å². The highest BCUT2D eigenvalue weighted by atomic mass is 127. The zero-order valence-electron chi connectivity index (χ0n) is 7.38. The van der Waals surface area contributed by atoms with Gasteiger partial charge in [0, 0.05) is 0 Å². The first-order chi connectivity index (χ1) is 5.70. The Bertz CT molecular complexity index is 151. The van der Waals surface area contributed by atoms with Crippen LogP contribution in [0.3, 0.4) is 0 Å². The van der Waals surface area contributed by atoms with Crippen LogP contribution in [0.2, 0.25) is 0 Å². The number of hydrogen-bond acceptors (Lipinski definition) is 2. The van der Waals surface area contributed by atoms with Crippen LogP contribution in [0.5, 0.6) is 0 Å². The van der Waals surface area contributed by atoms with Crippen molar-refractivity contribution < 1.29 is 9.53 Å². The van der Waals surface area contributed by atoms with E-state index in [1.165, 1.54) is 19.3 Å². The zero-order chi connectivity index (χ0) is 8.97. The van der Waals surface area contributed by atoms with Crippen molar-refractivity contribution in [2.24, 2.45) is 0 Å². The second kappa shape index (κ2) is 5.04. The quantitative estimate of drug-likeness (QED) is 0.442. The lowest BCUT2D eigenvalue weighted by atomic mass is 9.98. The molecule has 0 bridgehead atoms. The van der Waals surface area contributed by atoms with Crippen LogP contribution >= 0.6 is 22.6 Å². The normalized spacial score (nSPS) is 21.8. The van der Waals surface area contributed by atoms with Crippen molar-refractivity contribution in [3.05, 3.63) is 0 Å². The summed E-state index contributed by atoms with van der Waals surface area (Å²) in [5.74, 6) is -0.0532. The molecule has 0 aromatic heterocycles. The van der Waals surface area contributed by atoms with Gasteiger partial charge in [0.05, 0.1) is 0 Å². The summed E-state index contributed by atoms with van der Waals surface area (Å²) < 4.78 is 5.30. The van der Waals surface area contributed by atoms with Crippen LogP contribution in [0, 0.1) is 0 Å². The average Bonchev–Trinajstić information content (AvgIpc) is 2.06. The van der Waals surface area contributed by atoms with Gasteiger partial charge in [-0.25, -0.2) is 0 Å². The molecule has 0 aliphatic heterocycles. The summed E-state index contributed by atoms with van der Waals surface area (Å²) in [5, 5.41) is 0. The third-order valence-electron chi connectivity index (χ3n) is 2.16. The monoisotopic (exact) mass is 282 g/mol. The lowest BCUT2D eigenvalue weighted by Gasteiger charge is -2.22. The first-order valence-corrected chi connectivity index (χ1v) is 5.79. The summed E-state index contributed by atoms with van der Waals surface area (Å²) in [6.45, 7) is 1.87. The van der Waals surface area contributed by atoms with Crippen molar-refractivity contribution in [1.29, 1.82) is 0 Å². The predicted molar refractivity (Wildman–Crippen MR) is 56.4 cm³/mol. The van der Waals surface area contributed by atoms with Gasteiger partial charge in [0.2, 0.25) is 0 Å². The van der Waals surface area contributed by atoms with Gasteiger partial charge in [-0.3, -0.25) is 4.79 Å². The van der Waals surface area contributed by atoms with Gasteiger partial charge < -0.3 is 4.74 Å². The van der Waals surface area contributed by atoms with Crippen molar-refractivity contribution in [2.45, 2.75) is 49.1 Å². The van der Waals surface area contributed by atoms with Crippen LogP contribution in [0.4, 0.5) is 0 Å². The van der Waals surface area contributed by atoms with Gasteiger partial charge in [0.15, 0.2) is 0 Å². The van der Waals surface area contributed by atoms with Crippen LogP contribution in [0.25, 0.3) is 0 Å². The highest BCUT2D eigenvalue weighted by Gasteiger charge is 2.19. The Morgan fingerprint density at radius 2 is 2.00 bits per heavy atom. The largest absolute Gasteiger partial charge is 0.462 e. The van der Waals surface area contributed by atoms with Gasteiger partial charge in [0.1, 0.15) is 10.0 Å². The molecule has 3 heteroatoms. The van der Waals surface area contributed by atoms with E-state index in [4.69, 9.17) is 4.74 Å². The van der Waals surface area contributed by atoms with Crippen LogP contribution in [-0.2, 0) is 9.53 Å². The number of ether oxygens (including phenoxy) is 1. The predicted octanol–water partition coefficient (Wildman–Crippen LogP) is 2.69. The van der Waals surface area contributed by atoms with Gasteiger partial charge in [-0.1, -0.05) is 29.0 Å². The van der Waals surface area contributed by atoms with E-state index in [2.05, 4.69) is 22.6 Å². The number of alkyl halides is 1. The Hall–Kier alpha value is 0.200. The van der Waals surface area contributed by atoms with E-state index in [0.717, 1.165) is 12.8 Å². The van der Waals surface area contributed by atoms with E-state index in [-0.39, 0.29) is 16.0 Å². The Balaban J connectivity index is 2.24. The summed E-state index contributed by atoms with van der Waals surface area (Å²) in [7, 11) is 0. The average molecular weight is 282 g/mol. The standard InChI is InChI=1S/C9H15IO2/c1-7(10)9(11)12-8-5-3-2-4-6-8/h7-8H,2-6H2,1H3. The second-order valence-electron chi connectivity index (χ2n) is 3.31. The fourth-order valence-electron chi connectivity index (χ4n) is 1.44. The summed E-state index contributed by atoms with van der Waals surface area (Å²) in [5.41, 5.74) is 0. The molecule has 0 heterocycles. The molecule has 1 aliphatic rings. The first-order valence-electron chi connectivity index (χ1n) is 4.54. The van der Waals surface area contributed by atoms with Crippen molar-refractivity contribution in [1.82, 2.24) is 0 Å². The maximum absolute atomic E-state index is 11.2. The molecule has 0 spiro atoms. The Morgan fingerprint density at radius 3 is 2.50 bits per heavy atom. The molecule has 1 atom stereocenters. The Morgan fingerprint density at radius 1 is 1.42 bits per heavy atom. The number of esters is 1. The molecule has 1 fully saturated rings. The van der Waals surface area contributed by atoms with E-state index < -0.39 is 0 Å². The minimum Gasteiger partial charge on any atom is -0.462 e. The number of hydrogen-bond donors (Lipinski definition) is 0. The summed E-state index contributed by atoms with van der Waals surface area (Å²) >= 11 is 2.09. The molecule has 0 radical (unpaired) electrons. The number of carbonyl (C=O) groups is 1. The van der Waals surface area contributed by atoms with Crippen LogP contribution in [0.1, 0.15) is 39.0 Å². The van der Waals surface area contributed by atoms with Gasteiger partial charge >= 0.3 is 5.97 Å². The number of rotatable bonds is 2. The SMILES string of the molecule is CC(I)C(=O)OC1CCCCC1. The molecule has 1 rings (SSSR count). The van der Waals surface area contributed by atoms with Crippen molar-refractivity contribution >= 4 is 28.6 Å². The topological polar surface area (TPSA) is 26.3 Å². The van der Waals surface area contributed by atoms with Crippen molar-refractivity contribution in [2.75, 3.05) is 0 Å². The lowest BCUT2D eigenvalue weighted by Crippen LogP contribution is -2.24. The minimum absolute atomic E-state index is 0.00970. The summed E-state index contributed by atoms with van der Waals surface area (Å²) in [4.78, 5) is 11.2. The highest BCUT2D eigenvalue weighted by molar-refractivity contribution is 14.1. The molecule has 0 aromatic rings. The fourth-order valence-corrected chi connectivity index (χ4v) is 1.59. The molecule has 12 heavy (non-hydrogen) atoms. The molecule has 2 nitrogen and oxygen atoms in total. The van der Waals surface area contributed by atoms with Crippen LogP contribution in [-0.4, -0.2) is 16.0 Å². The molecule has 1 aliphatic carbocycles. The highest BCUT2D eigenvalue weighted by Crippen LogP contribution is 2.21. The molecule has 0 amide bonds. The molecule has 0 saturated heterocycles. The first kappa shape index (κ1) is 10.3. The number of halogens is 1. The van der Waals surface area contributed by atoms with Gasteiger partial charge in [-0.05, 0) is 32.6 Å². The summed E-state index contributed by atoms with van der Waals surface area (Å²) in [6.07, 6.45) is 6.07. The Labute approximate surface area is 87.2 Å². The molecule has 70 valence electrons. The van der Waals surface area contributed by atoms with Gasteiger partial charge in [-0.2, -0.15) is 0 Å². The van der Waals surface area contributed by atoms with Gasteiger partial charge in [0.25, 0.3) is 0 Å². The van der Waals surface area contributed by atoms with E-state index >= 15 is 0 Å². The molecule has 1 unspecified atom stereocenters. The molecular formula is C9H15IO2. The molecule has 0 N–H and O–H groups in total. The lowest BCUT2D eigenvalue weighted by molar-refractivity contribution is -0.149. The number of carbonyl (C=O) groups excluding carboxylic acids is 1. The molecule has 0 aromatic carbocycles. The Kier molecular flexibility index (Phi) is 4.32. The minimum atomic E-state index is -0.0532. The summed E-state index contributed by atoms with van der Waals surface area (Å²) in [6, 6.07) is 0. The smallest absolute Gasteiger partial charge is 0.318 e. The van der Waals surface area contributed by atoms with Crippen molar-refractivity contribution in [3.8, 4) is 0 Å². The third-order valence-corrected chi connectivity index (χ3v) is 2.67. The zero-order valence-corrected chi connectivity index (χ0v) is 9.54. The third kappa shape index (κ3) is 3.29. The maximum atomic E-state index is 11.2. The van der Waals surface area contributed by atoms with Gasteiger partial charge in [-0.15, -0.1) is 0 Å². The maximum Gasteiger partial charge on any atom is 0.318 e. The van der Waals surface area contributed by atoms with Crippen LogP contribution < -0.4 is 0 Å². The molecule has 1 saturated carbocycles. The second-order valence-corrected chi connectivity index (χ2v) is 5.18. The fraction of sp³-hybridized carbons (Fsp3) is 0.889. The van der Waals surface area contributed by atoms with E-state index in [9.17, 15) is 4.79 Å². The van der Waals surface area contributed by atoms with E-state index in [1.807, 2.05) is 6.92 Å². The molecular weight excluding hydrogens is 267 g/mol.